The van der Waals surface area contributed by atoms with Gasteiger partial charge in [0.05, 0.1) is 5.69 Å². The lowest BCUT2D eigenvalue weighted by Crippen LogP contribution is -2.17. The third-order valence-corrected chi connectivity index (χ3v) is 10.4. The maximum Gasteiger partial charge on any atom is 0.0549 e. The molecule has 1 heteroatoms. The summed E-state index contributed by atoms with van der Waals surface area (Å²) in [7, 11) is 0. The van der Waals surface area contributed by atoms with Crippen LogP contribution < -0.4 is 4.90 Å². The van der Waals surface area contributed by atoms with Crippen LogP contribution in [-0.4, -0.2) is 0 Å². The van der Waals surface area contributed by atoms with Gasteiger partial charge in [0.25, 0.3) is 0 Å². The fraction of sp³-hybridized carbons (Fsp3) is 0.0612. The molecule has 8 aromatic rings. The summed E-state index contributed by atoms with van der Waals surface area (Å²) < 4.78 is 0. The molecule has 0 N–H and O–H groups in total. The molecule has 0 atom stereocenters. The molecule has 0 saturated heterocycles. The summed E-state index contributed by atoms with van der Waals surface area (Å²) in [5.74, 6) is 0. The molecule has 0 aromatic heterocycles. The van der Waals surface area contributed by atoms with Gasteiger partial charge in [0.2, 0.25) is 0 Å². The smallest absolute Gasteiger partial charge is 0.0549 e. The van der Waals surface area contributed by atoms with E-state index in [0.29, 0.717) is 0 Å². The Morgan fingerprint density at radius 3 is 1.52 bits per heavy atom. The number of benzene rings is 8. The van der Waals surface area contributed by atoms with Crippen molar-refractivity contribution in [2.45, 2.75) is 19.3 Å². The summed E-state index contributed by atoms with van der Waals surface area (Å²) in [6.45, 7) is 4.77. The Morgan fingerprint density at radius 2 is 0.900 bits per heavy atom. The Hall–Kier alpha value is -6.18. The first kappa shape index (κ1) is 29.9. The van der Waals surface area contributed by atoms with E-state index in [1.165, 1.54) is 72.1 Å². The van der Waals surface area contributed by atoms with Crippen LogP contribution in [0.3, 0.4) is 0 Å². The average Bonchev–Trinajstić information content (AvgIpc) is 3.43. The summed E-state index contributed by atoms with van der Waals surface area (Å²) in [6, 6.07) is 68.6. The monoisotopic (exact) mass is 639 g/mol. The van der Waals surface area contributed by atoms with Crippen LogP contribution in [0.1, 0.15) is 25.0 Å². The number of fused-ring (bicyclic) bond motifs is 5. The minimum absolute atomic E-state index is 0.161. The molecule has 0 spiro atoms. The van der Waals surface area contributed by atoms with Crippen molar-refractivity contribution in [3.8, 4) is 44.5 Å². The molecule has 0 saturated carbocycles. The van der Waals surface area contributed by atoms with Crippen LogP contribution in [-0.2, 0) is 5.41 Å². The number of anilines is 3. The summed E-state index contributed by atoms with van der Waals surface area (Å²) in [6.07, 6.45) is 0. The molecule has 0 aliphatic heterocycles. The molecule has 1 nitrogen and oxygen atoms in total. The van der Waals surface area contributed by atoms with Crippen molar-refractivity contribution in [2.24, 2.45) is 0 Å². The van der Waals surface area contributed by atoms with E-state index in [1.807, 2.05) is 0 Å². The molecule has 0 bridgehead atoms. The molecule has 9 rings (SSSR count). The van der Waals surface area contributed by atoms with Gasteiger partial charge < -0.3 is 4.90 Å². The first-order chi connectivity index (χ1) is 24.6. The molecule has 1 aliphatic rings. The minimum atomic E-state index is -0.161. The van der Waals surface area contributed by atoms with Crippen LogP contribution in [0.4, 0.5) is 17.1 Å². The zero-order valence-electron chi connectivity index (χ0n) is 28.3. The number of nitrogens with zero attached hydrogens (tertiary/aromatic N) is 1. The van der Waals surface area contributed by atoms with Crippen LogP contribution >= 0.6 is 0 Å². The second kappa shape index (κ2) is 12.1. The highest BCUT2D eigenvalue weighted by Gasteiger charge is 2.39. The molecule has 0 unspecified atom stereocenters. The van der Waals surface area contributed by atoms with E-state index in [9.17, 15) is 0 Å². The van der Waals surface area contributed by atoms with Crippen LogP contribution in [0.5, 0.6) is 0 Å². The van der Waals surface area contributed by atoms with Crippen molar-refractivity contribution in [1.82, 2.24) is 0 Å². The van der Waals surface area contributed by atoms with E-state index in [-0.39, 0.29) is 5.41 Å². The van der Waals surface area contributed by atoms with E-state index in [1.54, 1.807) is 0 Å². The Kier molecular flexibility index (Phi) is 7.21. The molecule has 0 radical (unpaired) electrons. The summed E-state index contributed by atoms with van der Waals surface area (Å²) in [5.41, 5.74) is 15.8. The third-order valence-electron chi connectivity index (χ3n) is 10.4. The van der Waals surface area contributed by atoms with Crippen molar-refractivity contribution < 1.29 is 0 Å². The lowest BCUT2D eigenvalue weighted by Gasteiger charge is -2.31. The van der Waals surface area contributed by atoms with Gasteiger partial charge >= 0.3 is 0 Å². The van der Waals surface area contributed by atoms with Gasteiger partial charge in [-0.05, 0) is 97.2 Å². The minimum Gasteiger partial charge on any atom is -0.310 e. The second-order valence-corrected chi connectivity index (χ2v) is 13.8. The quantitative estimate of drug-likeness (QED) is 0.175. The summed E-state index contributed by atoms with van der Waals surface area (Å²) >= 11 is 0. The highest BCUT2D eigenvalue weighted by atomic mass is 15.1. The molecule has 50 heavy (non-hydrogen) atoms. The van der Waals surface area contributed by atoms with E-state index in [4.69, 9.17) is 0 Å². The van der Waals surface area contributed by atoms with Gasteiger partial charge in [0, 0.05) is 22.4 Å². The zero-order valence-corrected chi connectivity index (χ0v) is 28.3. The lowest BCUT2D eigenvalue weighted by atomic mass is 9.80. The molecule has 238 valence electrons. The molecule has 0 fully saturated rings. The Balaban J connectivity index is 1.36. The highest BCUT2D eigenvalue weighted by Crippen LogP contribution is 2.57. The average molecular weight is 640 g/mol. The molecule has 1 aliphatic carbocycles. The predicted molar refractivity (Wildman–Crippen MR) is 213 cm³/mol. The van der Waals surface area contributed by atoms with Crippen molar-refractivity contribution >= 4 is 27.8 Å². The van der Waals surface area contributed by atoms with Crippen molar-refractivity contribution in [3.63, 3.8) is 0 Å². The summed E-state index contributed by atoms with van der Waals surface area (Å²) in [4.78, 5) is 2.50. The van der Waals surface area contributed by atoms with Gasteiger partial charge in [0.15, 0.2) is 0 Å². The van der Waals surface area contributed by atoms with E-state index in [0.717, 1.165) is 11.4 Å². The third kappa shape index (κ3) is 5.02. The van der Waals surface area contributed by atoms with Crippen molar-refractivity contribution in [1.29, 1.82) is 0 Å². The van der Waals surface area contributed by atoms with Gasteiger partial charge in [-0.1, -0.05) is 166 Å². The van der Waals surface area contributed by atoms with Gasteiger partial charge in [0.1, 0.15) is 0 Å². The molecule has 0 heterocycles. The van der Waals surface area contributed by atoms with Crippen LogP contribution in [0, 0.1) is 0 Å². The highest BCUT2D eigenvalue weighted by molar-refractivity contribution is 6.06. The Labute approximate surface area is 294 Å². The maximum atomic E-state index is 2.50. The van der Waals surface area contributed by atoms with Gasteiger partial charge in [-0.3, -0.25) is 0 Å². The second-order valence-electron chi connectivity index (χ2n) is 13.8. The zero-order chi connectivity index (χ0) is 33.7. The fourth-order valence-corrected chi connectivity index (χ4v) is 8.01. The SMILES string of the molecule is CC1(C)c2ccccc2-c2c(N(c3ccc(-c4ccccc4)cc3)c3cc(-c4ccccc4)cc(-c4ccccc4)c3)cc3ccccc3c21. The Bertz CT molecular complexity index is 2420. The van der Waals surface area contributed by atoms with E-state index in [2.05, 4.69) is 207 Å². The first-order valence-electron chi connectivity index (χ1n) is 17.4. The molecular formula is C49H37N. The van der Waals surface area contributed by atoms with E-state index < -0.39 is 0 Å². The first-order valence-corrected chi connectivity index (χ1v) is 17.4. The van der Waals surface area contributed by atoms with Gasteiger partial charge in [-0.2, -0.15) is 0 Å². The normalized spacial score (nSPS) is 12.8. The van der Waals surface area contributed by atoms with Crippen LogP contribution in [0.25, 0.3) is 55.3 Å². The number of hydrogen-bond donors (Lipinski definition) is 0. The standard InChI is InChI=1S/C49H37N/c1-49(2)45-25-15-14-24-44(45)47-46(33-38-22-12-13-23-43(38)48(47)49)50(41-28-26-37(27-29-41)34-16-6-3-7-17-34)42-31-39(35-18-8-4-9-19-35)30-40(32-42)36-20-10-5-11-21-36/h3-33H,1-2H3. The molecule has 8 aromatic carbocycles. The van der Waals surface area contributed by atoms with Crippen LogP contribution in [0.15, 0.2) is 188 Å². The maximum absolute atomic E-state index is 2.50. The number of rotatable bonds is 6. The molecular weight excluding hydrogens is 603 g/mol. The van der Waals surface area contributed by atoms with Gasteiger partial charge in [-0.15, -0.1) is 0 Å². The van der Waals surface area contributed by atoms with Crippen molar-refractivity contribution in [2.75, 3.05) is 4.90 Å². The largest absolute Gasteiger partial charge is 0.310 e. The molecule has 0 amide bonds. The van der Waals surface area contributed by atoms with Crippen molar-refractivity contribution in [3.05, 3.63) is 199 Å². The fourth-order valence-electron chi connectivity index (χ4n) is 8.01. The van der Waals surface area contributed by atoms with Gasteiger partial charge in [-0.25, -0.2) is 0 Å². The summed E-state index contributed by atoms with van der Waals surface area (Å²) in [5, 5.41) is 2.56. The van der Waals surface area contributed by atoms with E-state index >= 15 is 0 Å². The number of hydrogen-bond acceptors (Lipinski definition) is 1. The topological polar surface area (TPSA) is 3.24 Å². The Morgan fingerprint density at radius 1 is 0.400 bits per heavy atom. The predicted octanol–water partition coefficient (Wildman–Crippen LogP) is 13.6. The van der Waals surface area contributed by atoms with Crippen LogP contribution in [0.2, 0.25) is 0 Å². The lowest BCUT2D eigenvalue weighted by molar-refractivity contribution is 0.666.